The molecule has 0 unspecified atom stereocenters. The minimum Gasteiger partial charge on any atom is -0.497 e. The molecule has 50 heavy (non-hydrogen) atoms. The summed E-state index contributed by atoms with van der Waals surface area (Å²) >= 11 is 0. The Morgan fingerprint density at radius 3 is 2.00 bits per heavy atom. The van der Waals surface area contributed by atoms with Gasteiger partial charge >= 0.3 is 0 Å². The number of benzene rings is 4. The number of amides is 1. The SMILES string of the molecule is COc1ccc(C(O[13CH2][13C@H]2O[13C@@H]([15n]3[13cH]nc4c([15NH]C(=O)c5ccccc5)ncnc43)[13C@H](O)[13C@@H](O)[13C@@H]2O)(c2ccccc2)c2ccccc2)cc1. The van der Waals surface area contributed by atoms with Gasteiger partial charge in [0.1, 0.15) is 42.1 Å². The summed E-state index contributed by atoms with van der Waals surface area (Å²) in [5.41, 5.74) is 2.17. The molecule has 4 aromatic carbocycles. The van der Waals surface area contributed by atoms with Gasteiger partial charge in [0.15, 0.2) is 23.2 Å². The molecule has 12 heteroatoms. The quantitative estimate of drug-likeness (QED) is 0.0942. The van der Waals surface area contributed by atoms with Crippen molar-refractivity contribution in [3.05, 3.63) is 150 Å². The Balaban J connectivity index is 1.22. The van der Waals surface area contributed by atoms with Crippen molar-refractivity contribution >= 4 is 22.9 Å². The molecule has 7 rings (SSSR count). The standard InChI is InChI=1S/C38H35N5O7/c1-48-28-19-17-27(18-20-28)38(25-13-7-3-8-14-25,26-15-9-4-10-16-26)49-21-29-31(44)32(45)33(46)37(50-29)43-23-41-30-34(39-22-40-35(30)43)42-36(47)24-11-5-2-6-12-24/h2-20,22-23,29,31-33,37,44-46H,21H2,1H3,(H,39,40,42,47)/t29-,31-,32+,33-,37-/m1/s1/i21+1,23+1,29+1,31+1,32+1,33+1,37+1,42+1,43+1. The third-order valence-corrected chi connectivity index (χ3v) is 8.91. The minimum atomic E-state index is -1.61. The van der Waals surface area contributed by atoms with Crippen LogP contribution in [0.2, 0.25) is 0 Å². The number of ether oxygens (including phenoxy) is 3. The number of aliphatic hydroxyl groups excluding tert-OH is 3. The summed E-state index contributed by atoms with van der Waals surface area (Å²) in [7, 11) is 1.60. The van der Waals surface area contributed by atoms with Crippen LogP contribution in [0.25, 0.3) is 11.2 Å². The van der Waals surface area contributed by atoms with Crippen LogP contribution in [0, 0.1) is 0 Å². The molecule has 0 bridgehead atoms. The fourth-order valence-corrected chi connectivity index (χ4v) is 6.33. The zero-order chi connectivity index (χ0) is 34.7. The summed E-state index contributed by atoms with van der Waals surface area (Å²) < 4.78 is 20.1. The third-order valence-electron chi connectivity index (χ3n) is 8.91. The number of anilines is 1. The van der Waals surface area contributed by atoms with Crippen molar-refractivity contribution in [3.63, 3.8) is 0 Å². The van der Waals surface area contributed by atoms with Crippen molar-refractivity contribution in [2.24, 2.45) is 0 Å². The fourth-order valence-electron chi connectivity index (χ4n) is 6.33. The molecule has 12 nitrogen and oxygen atoms in total. The van der Waals surface area contributed by atoms with Crippen LogP contribution in [0.3, 0.4) is 0 Å². The average Bonchev–Trinajstić information content (AvgIpc) is 3.61. The maximum atomic E-state index is 12.9. The summed E-state index contributed by atoms with van der Waals surface area (Å²) in [6, 6.07) is 35.6. The Morgan fingerprint density at radius 1 is 0.780 bits per heavy atom. The number of carbonyl (C=O) groups is 1. The number of imidazole rings is 1. The molecule has 1 saturated heterocycles. The Bertz CT molecular complexity index is 2010. The number of aromatic nitrogens is 4. The van der Waals surface area contributed by atoms with E-state index in [0.29, 0.717) is 11.3 Å². The van der Waals surface area contributed by atoms with Gasteiger partial charge in [0, 0.05) is 5.56 Å². The average molecular weight is 683 g/mol. The first-order chi connectivity index (χ1) is 24.4. The van der Waals surface area contributed by atoms with Gasteiger partial charge in [-0.05, 0) is 41.0 Å². The van der Waals surface area contributed by atoms with Crippen LogP contribution in [0.15, 0.2) is 128 Å². The highest BCUT2D eigenvalue weighted by Gasteiger charge is 2.47. The molecule has 1 aliphatic heterocycles. The van der Waals surface area contributed by atoms with Gasteiger partial charge in [0.05, 0.1) is 20.0 Å². The summed E-state index contributed by atoms with van der Waals surface area (Å²) in [5.74, 6) is 0.444. The number of methoxy groups -OCH3 is 1. The monoisotopic (exact) mass is 682 g/mol. The van der Waals surface area contributed by atoms with E-state index >= 15 is 0 Å². The number of nitrogens with zero attached hydrogens (tertiary/aromatic N) is 4. The first-order valence-electron chi connectivity index (χ1n) is 16.0. The molecule has 2 aromatic heterocycles. The molecule has 254 valence electrons. The normalized spacial score (nSPS) is 20.8. The predicted molar refractivity (Wildman–Crippen MR) is 183 cm³/mol. The zero-order valence-electron chi connectivity index (χ0n) is 27.0. The van der Waals surface area contributed by atoms with Crippen molar-refractivity contribution in [3.8, 4) is 5.75 Å². The molecule has 1 fully saturated rings. The highest BCUT2D eigenvalue weighted by Crippen LogP contribution is 2.42. The molecule has 0 spiro atoms. The van der Waals surface area contributed by atoms with Crippen LogP contribution in [-0.4, -0.2) is 78.9 Å². The highest BCUT2D eigenvalue weighted by molar-refractivity contribution is 6.06. The second-order valence-corrected chi connectivity index (χ2v) is 11.9. The molecule has 0 aliphatic carbocycles. The maximum absolute atomic E-state index is 12.9. The number of hydrogen-bond donors (Lipinski definition) is 4. The zero-order valence-corrected chi connectivity index (χ0v) is 27.0. The summed E-state index contributed by atoms with van der Waals surface area (Å²) in [4.78, 5) is 25.8. The van der Waals surface area contributed by atoms with Crippen molar-refractivity contribution in [2.45, 2.75) is 36.2 Å². The largest absolute Gasteiger partial charge is 0.497 e. The molecule has 1 amide bonds. The highest BCUT2D eigenvalue weighted by atomic mass is 16.8. The number of hydrogen-bond acceptors (Lipinski definition) is 10. The molecule has 0 radical (unpaired) electrons. The smallest absolute Gasteiger partial charge is 0.256 e. The van der Waals surface area contributed by atoms with E-state index < -0.39 is 36.2 Å². The van der Waals surface area contributed by atoms with E-state index in [2.05, 4.69) is 20.3 Å². The summed E-state index contributed by atoms with van der Waals surface area (Å²) in [5, 5.41) is 36.3. The molecule has 6 aromatic rings. The van der Waals surface area contributed by atoms with Gasteiger partial charge in [-0.25, -0.2) is 15.0 Å². The Morgan fingerprint density at radius 2 is 1.38 bits per heavy atom. The van der Waals surface area contributed by atoms with Crippen LogP contribution in [-0.2, 0) is 15.1 Å². The summed E-state index contributed by atoms with van der Waals surface area (Å²) in [6.07, 6.45) is -4.39. The lowest BCUT2D eigenvalue weighted by Gasteiger charge is -2.43. The molecular formula is C38H35N5O7. The maximum Gasteiger partial charge on any atom is 0.256 e. The van der Waals surface area contributed by atoms with Crippen molar-refractivity contribution in [2.75, 3.05) is 19.0 Å². The van der Waals surface area contributed by atoms with Crippen molar-refractivity contribution in [1.82, 2.24) is 19.5 Å². The second kappa shape index (κ2) is 14.2. The molecule has 3 heterocycles. The number of nitrogens with one attached hydrogen (secondary N) is 1. The van der Waals surface area contributed by atoms with Gasteiger partial charge < -0.3 is 34.8 Å². The van der Waals surface area contributed by atoms with Crippen molar-refractivity contribution in [1.29, 1.82) is 0 Å². The van der Waals surface area contributed by atoms with Crippen LogP contribution in [0.4, 0.5) is 5.82 Å². The van der Waals surface area contributed by atoms with E-state index in [1.54, 1.807) is 31.4 Å². The summed E-state index contributed by atoms with van der Waals surface area (Å²) in [6.45, 7) is -0.197. The number of fused-ring (bicyclic) bond motifs is 1. The van der Waals surface area contributed by atoms with Gasteiger partial charge in [-0.2, -0.15) is 0 Å². The molecule has 4 N–H and O–H groups in total. The van der Waals surface area contributed by atoms with E-state index in [1.807, 2.05) is 91.0 Å². The lowest BCUT2D eigenvalue weighted by molar-refractivity contribution is -0.257. The van der Waals surface area contributed by atoms with Gasteiger partial charge in [-0.3, -0.25) is 9.36 Å². The van der Waals surface area contributed by atoms with Crippen LogP contribution >= 0.6 is 0 Å². The first kappa shape index (κ1) is 33.0. The Kier molecular flexibility index (Phi) is 9.35. The van der Waals surface area contributed by atoms with Crippen molar-refractivity contribution < 1.29 is 34.3 Å². The lowest BCUT2D eigenvalue weighted by Crippen LogP contribution is -2.57. The fraction of sp³-hybridized carbons (Fsp3) is 0.211. The topological polar surface area (TPSA) is 161 Å². The minimum absolute atomic E-state index is 0.156. The molecule has 1 aliphatic rings. The number of rotatable bonds is 10. The number of aliphatic hydroxyl groups is 3. The molecule has 5 atom stereocenters. The van der Waals surface area contributed by atoms with Crippen LogP contribution in [0.5, 0.6) is 5.75 Å². The Labute approximate surface area is 287 Å². The van der Waals surface area contributed by atoms with E-state index in [-0.39, 0.29) is 29.5 Å². The first-order valence-corrected chi connectivity index (χ1v) is 16.0. The van der Waals surface area contributed by atoms with E-state index in [4.69, 9.17) is 14.2 Å². The van der Waals surface area contributed by atoms with Gasteiger partial charge in [-0.15, -0.1) is 0 Å². The molecular weight excluding hydrogens is 647 g/mol. The molecule has 0 saturated carbocycles. The second-order valence-electron chi connectivity index (χ2n) is 11.9. The predicted octanol–water partition coefficient (Wildman–Crippen LogP) is 4.08. The van der Waals surface area contributed by atoms with Gasteiger partial charge in [0.2, 0.25) is 0 Å². The van der Waals surface area contributed by atoms with E-state index in [9.17, 15) is 20.1 Å². The van der Waals surface area contributed by atoms with Crippen LogP contribution in [0.1, 0.15) is 33.3 Å². The number of carbonyl (C=O) groups excluding carboxylic acids is 1. The van der Waals surface area contributed by atoms with E-state index in [1.165, 1.54) is 17.2 Å². The van der Waals surface area contributed by atoms with Gasteiger partial charge in [-0.1, -0.05) is 91.0 Å². The third kappa shape index (κ3) is 6.10. The van der Waals surface area contributed by atoms with Crippen LogP contribution < -0.4 is 10.1 Å². The van der Waals surface area contributed by atoms with Gasteiger partial charge in [0.25, 0.3) is 5.91 Å². The Hall–Kier alpha value is -5.50. The van der Waals surface area contributed by atoms with E-state index in [0.717, 1.165) is 16.7 Å². The lowest BCUT2D eigenvalue weighted by atomic mass is 9.80.